The second-order valence-corrected chi connectivity index (χ2v) is 8.56. The Balaban J connectivity index is 1.46. The van der Waals surface area contributed by atoms with E-state index < -0.39 is 0 Å². The average molecular weight is 440 g/mol. The number of halogens is 1. The van der Waals surface area contributed by atoms with Crippen molar-refractivity contribution in [3.63, 3.8) is 0 Å². The first kappa shape index (κ1) is 21.4. The summed E-state index contributed by atoms with van der Waals surface area (Å²) in [4.78, 5) is 39.2. The van der Waals surface area contributed by atoms with Crippen molar-refractivity contribution in [1.29, 1.82) is 0 Å². The highest BCUT2D eigenvalue weighted by molar-refractivity contribution is 6.34. The Hall–Kier alpha value is -2.86. The molecule has 0 radical (unpaired) electrons. The molecule has 31 heavy (non-hydrogen) atoms. The molecule has 1 saturated carbocycles. The topological polar surface area (TPSA) is 78.5 Å². The Bertz CT molecular complexity index is 1000. The van der Waals surface area contributed by atoms with Crippen LogP contribution in [0.1, 0.15) is 65.7 Å². The van der Waals surface area contributed by atoms with Gasteiger partial charge in [0.05, 0.1) is 10.6 Å². The Kier molecular flexibility index (Phi) is 6.56. The zero-order valence-corrected chi connectivity index (χ0v) is 18.1. The lowest BCUT2D eigenvalue weighted by Crippen LogP contribution is -2.36. The molecule has 0 aromatic heterocycles. The highest BCUT2D eigenvalue weighted by atomic mass is 35.5. The summed E-state index contributed by atoms with van der Waals surface area (Å²) >= 11 is 6.26. The molecule has 1 heterocycles. The highest BCUT2D eigenvalue weighted by Gasteiger charge is 2.23. The monoisotopic (exact) mass is 439 g/mol. The third-order valence-corrected chi connectivity index (χ3v) is 6.23. The Morgan fingerprint density at radius 1 is 0.968 bits per heavy atom. The number of benzene rings is 2. The van der Waals surface area contributed by atoms with E-state index in [1.807, 2.05) is 6.07 Å². The van der Waals surface area contributed by atoms with Crippen LogP contribution in [0.25, 0.3) is 0 Å². The number of amides is 3. The quantitative estimate of drug-likeness (QED) is 0.703. The molecule has 1 aliphatic carbocycles. The first-order valence-corrected chi connectivity index (χ1v) is 11.2. The van der Waals surface area contributed by atoms with Gasteiger partial charge < -0.3 is 15.5 Å². The molecular weight excluding hydrogens is 414 g/mol. The third-order valence-electron chi connectivity index (χ3n) is 5.90. The fraction of sp³-hybridized carbons (Fsp3) is 0.375. The van der Waals surface area contributed by atoms with Gasteiger partial charge >= 0.3 is 0 Å². The Labute approximate surface area is 187 Å². The maximum Gasteiger partial charge on any atom is 0.255 e. The molecule has 7 heteroatoms. The SMILES string of the molecule is O=C(Nc1ccc(Cl)c(C(=O)NC2CCCCC2)c1)c1cccc(N2CCCC2=O)c1. The van der Waals surface area contributed by atoms with Crippen LogP contribution in [0.3, 0.4) is 0 Å². The van der Waals surface area contributed by atoms with Crippen molar-refractivity contribution in [2.45, 2.75) is 51.0 Å². The Morgan fingerprint density at radius 3 is 2.52 bits per heavy atom. The summed E-state index contributed by atoms with van der Waals surface area (Å²) in [5.74, 6) is -0.458. The van der Waals surface area contributed by atoms with E-state index in [1.165, 1.54) is 6.42 Å². The van der Waals surface area contributed by atoms with Gasteiger partial charge in [-0.2, -0.15) is 0 Å². The molecule has 2 aliphatic rings. The van der Waals surface area contributed by atoms with E-state index in [1.54, 1.807) is 41.3 Å². The lowest BCUT2D eigenvalue weighted by Gasteiger charge is -2.23. The second kappa shape index (κ2) is 9.52. The van der Waals surface area contributed by atoms with Crippen molar-refractivity contribution < 1.29 is 14.4 Å². The van der Waals surface area contributed by atoms with Crippen LogP contribution < -0.4 is 15.5 Å². The van der Waals surface area contributed by atoms with Gasteiger partial charge in [-0.1, -0.05) is 36.9 Å². The normalized spacial score (nSPS) is 16.9. The summed E-state index contributed by atoms with van der Waals surface area (Å²) in [7, 11) is 0. The zero-order chi connectivity index (χ0) is 21.8. The fourth-order valence-electron chi connectivity index (χ4n) is 4.23. The van der Waals surface area contributed by atoms with Gasteiger partial charge in [-0.05, 0) is 55.7 Å². The van der Waals surface area contributed by atoms with Gasteiger partial charge in [0.2, 0.25) is 5.91 Å². The number of hydrogen-bond acceptors (Lipinski definition) is 3. The van der Waals surface area contributed by atoms with Crippen LogP contribution in [0, 0.1) is 0 Å². The van der Waals surface area contributed by atoms with Gasteiger partial charge in [0.15, 0.2) is 0 Å². The number of carbonyl (C=O) groups excluding carboxylic acids is 3. The summed E-state index contributed by atoms with van der Waals surface area (Å²) in [5, 5.41) is 6.24. The van der Waals surface area contributed by atoms with Crippen LogP contribution in [0.15, 0.2) is 42.5 Å². The summed E-state index contributed by atoms with van der Waals surface area (Å²) in [6, 6.07) is 12.1. The minimum absolute atomic E-state index is 0.0730. The van der Waals surface area contributed by atoms with E-state index in [2.05, 4.69) is 10.6 Å². The number of hydrogen-bond donors (Lipinski definition) is 2. The molecule has 162 valence electrons. The average Bonchev–Trinajstić information content (AvgIpc) is 3.21. The van der Waals surface area contributed by atoms with Crippen LogP contribution in [0.2, 0.25) is 5.02 Å². The van der Waals surface area contributed by atoms with Crippen LogP contribution in [0.4, 0.5) is 11.4 Å². The fourth-order valence-corrected chi connectivity index (χ4v) is 4.43. The van der Waals surface area contributed by atoms with Gasteiger partial charge in [-0.3, -0.25) is 14.4 Å². The lowest BCUT2D eigenvalue weighted by molar-refractivity contribution is -0.117. The molecule has 2 aromatic carbocycles. The van der Waals surface area contributed by atoms with Crippen molar-refractivity contribution >= 4 is 40.7 Å². The van der Waals surface area contributed by atoms with E-state index in [-0.39, 0.29) is 23.8 Å². The first-order valence-electron chi connectivity index (χ1n) is 10.8. The minimum atomic E-state index is -0.311. The number of rotatable bonds is 5. The van der Waals surface area contributed by atoms with Crippen molar-refractivity contribution in [3.05, 3.63) is 58.6 Å². The van der Waals surface area contributed by atoms with Gasteiger partial charge in [0.1, 0.15) is 0 Å². The van der Waals surface area contributed by atoms with Crippen LogP contribution in [-0.4, -0.2) is 30.3 Å². The number of nitrogens with zero attached hydrogens (tertiary/aromatic N) is 1. The molecule has 6 nitrogen and oxygen atoms in total. The number of anilines is 2. The molecule has 1 aliphatic heterocycles. The van der Waals surface area contributed by atoms with Crippen molar-refractivity contribution in [3.8, 4) is 0 Å². The van der Waals surface area contributed by atoms with E-state index in [9.17, 15) is 14.4 Å². The van der Waals surface area contributed by atoms with Crippen LogP contribution in [0.5, 0.6) is 0 Å². The molecule has 0 bridgehead atoms. The van der Waals surface area contributed by atoms with E-state index in [0.717, 1.165) is 37.8 Å². The molecule has 1 saturated heterocycles. The predicted molar refractivity (Wildman–Crippen MR) is 122 cm³/mol. The largest absolute Gasteiger partial charge is 0.349 e. The van der Waals surface area contributed by atoms with E-state index >= 15 is 0 Å². The standard InChI is InChI=1S/C24H26ClN3O3/c25-21-12-11-18(15-20(21)24(31)26-17-7-2-1-3-8-17)27-23(30)16-6-4-9-19(14-16)28-13-5-10-22(28)29/h4,6,9,11-12,14-15,17H,1-3,5,7-8,10,13H2,(H,26,31)(H,27,30). The van der Waals surface area contributed by atoms with Gasteiger partial charge in [0, 0.05) is 35.9 Å². The first-order chi connectivity index (χ1) is 15.0. The van der Waals surface area contributed by atoms with Gasteiger partial charge in [-0.25, -0.2) is 0 Å². The molecule has 2 N–H and O–H groups in total. The van der Waals surface area contributed by atoms with Gasteiger partial charge in [0.25, 0.3) is 11.8 Å². The summed E-state index contributed by atoms with van der Waals surface area (Å²) < 4.78 is 0. The Morgan fingerprint density at radius 2 is 1.77 bits per heavy atom. The molecule has 2 aromatic rings. The van der Waals surface area contributed by atoms with E-state index in [0.29, 0.717) is 34.8 Å². The van der Waals surface area contributed by atoms with Crippen LogP contribution in [-0.2, 0) is 4.79 Å². The van der Waals surface area contributed by atoms with Crippen molar-refractivity contribution in [1.82, 2.24) is 5.32 Å². The summed E-state index contributed by atoms with van der Waals surface area (Å²) in [6.45, 7) is 0.667. The van der Waals surface area contributed by atoms with Gasteiger partial charge in [-0.15, -0.1) is 0 Å². The van der Waals surface area contributed by atoms with E-state index in [4.69, 9.17) is 11.6 Å². The number of carbonyl (C=O) groups is 3. The molecule has 0 unspecified atom stereocenters. The molecular formula is C24H26ClN3O3. The smallest absolute Gasteiger partial charge is 0.255 e. The summed E-state index contributed by atoms with van der Waals surface area (Å²) in [6.07, 6.45) is 6.78. The molecule has 3 amide bonds. The van der Waals surface area contributed by atoms with Crippen molar-refractivity contribution in [2.75, 3.05) is 16.8 Å². The molecule has 4 rings (SSSR count). The minimum Gasteiger partial charge on any atom is -0.349 e. The maximum absolute atomic E-state index is 12.8. The molecule has 0 atom stereocenters. The van der Waals surface area contributed by atoms with Crippen LogP contribution >= 0.6 is 11.6 Å². The second-order valence-electron chi connectivity index (χ2n) is 8.16. The predicted octanol–water partition coefficient (Wildman–Crippen LogP) is 4.78. The zero-order valence-electron chi connectivity index (χ0n) is 17.3. The lowest BCUT2D eigenvalue weighted by atomic mass is 9.95. The highest BCUT2D eigenvalue weighted by Crippen LogP contribution is 2.25. The summed E-state index contributed by atoms with van der Waals surface area (Å²) in [5.41, 5.74) is 2.01. The maximum atomic E-state index is 12.8. The third kappa shape index (κ3) is 5.07. The molecule has 2 fully saturated rings. The molecule has 0 spiro atoms. The van der Waals surface area contributed by atoms with Crippen molar-refractivity contribution in [2.24, 2.45) is 0 Å². The number of nitrogens with one attached hydrogen (secondary N) is 2.